The molecule has 1 atom stereocenters. The van der Waals surface area contributed by atoms with Crippen molar-refractivity contribution in [3.8, 4) is 5.75 Å². The predicted octanol–water partition coefficient (Wildman–Crippen LogP) is 0.632. The Morgan fingerprint density at radius 2 is 1.90 bits per heavy atom. The van der Waals surface area contributed by atoms with Gasteiger partial charge in [-0.3, -0.25) is 19.7 Å². The number of imide groups is 1. The van der Waals surface area contributed by atoms with Gasteiger partial charge in [-0.2, -0.15) is 0 Å². The highest BCUT2D eigenvalue weighted by atomic mass is 32.2. The summed E-state index contributed by atoms with van der Waals surface area (Å²) in [7, 11) is -3.94. The number of aromatic hydroxyl groups is 1. The molecule has 0 radical (unpaired) electrons. The average molecular weight is 429 g/mol. The molecular formula is C20H19N3O6S. The molecule has 2 heterocycles. The molecule has 10 heteroatoms. The van der Waals surface area contributed by atoms with Crippen LogP contribution >= 0.6 is 0 Å². The first-order chi connectivity index (χ1) is 14.3. The Kier molecular flexibility index (Phi) is 5.04. The van der Waals surface area contributed by atoms with Gasteiger partial charge in [0.25, 0.3) is 5.91 Å². The fraction of sp³-hybridized carbons (Fsp3) is 0.250. The van der Waals surface area contributed by atoms with Crippen LogP contribution in [-0.4, -0.2) is 42.2 Å². The summed E-state index contributed by atoms with van der Waals surface area (Å²) in [5.74, 6) is -1.51. The van der Waals surface area contributed by atoms with E-state index in [1.165, 1.54) is 29.2 Å². The Morgan fingerprint density at radius 1 is 1.13 bits per heavy atom. The fourth-order valence-electron chi connectivity index (χ4n) is 3.65. The molecule has 4 rings (SSSR count). The van der Waals surface area contributed by atoms with Crippen molar-refractivity contribution in [1.29, 1.82) is 0 Å². The van der Waals surface area contributed by atoms with Crippen molar-refractivity contribution < 1.29 is 27.9 Å². The summed E-state index contributed by atoms with van der Waals surface area (Å²) in [4.78, 5) is 37.5. The van der Waals surface area contributed by atoms with E-state index in [9.17, 15) is 27.9 Å². The van der Waals surface area contributed by atoms with E-state index in [1.54, 1.807) is 18.2 Å². The molecule has 1 unspecified atom stereocenters. The zero-order valence-corrected chi connectivity index (χ0v) is 16.6. The number of hydrogen-bond donors (Lipinski definition) is 3. The molecule has 0 saturated carbocycles. The molecule has 0 aromatic heterocycles. The quantitative estimate of drug-likeness (QED) is 0.597. The lowest BCUT2D eigenvalue weighted by atomic mass is 10.0. The first-order valence-corrected chi connectivity index (χ1v) is 10.8. The second kappa shape index (κ2) is 7.54. The van der Waals surface area contributed by atoms with E-state index in [1.807, 2.05) is 0 Å². The first-order valence-electron chi connectivity index (χ1n) is 9.30. The van der Waals surface area contributed by atoms with Gasteiger partial charge in [0.2, 0.25) is 21.8 Å². The number of nitrogens with one attached hydrogen (secondary N) is 2. The lowest BCUT2D eigenvalue weighted by molar-refractivity contribution is -0.136. The van der Waals surface area contributed by atoms with Gasteiger partial charge in [0.1, 0.15) is 16.7 Å². The number of sulfonamides is 1. The number of para-hydroxylation sites is 1. The first kappa shape index (κ1) is 20.0. The minimum absolute atomic E-state index is 0.0738. The zero-order valence-electron chi connectivity index (χ0n) is 15.8. The number of amides is 3. The molecule has 2 aliphatic rings. The van der Waals surface area contributed by atoms with E-state index in [0.717, 1.165) is 5.56 Å². The van der Waals surface area contributed by atoms with Gasteiger partial charge in [-0.05, 0) is 35.7 Å². The third-order valence-corrected chi connectivity index (χ3v) is 6.66. The molecule has 30 heavy (non-hydrogen) atoms. The maximum atomic E-state index is 12.8. The SMILES string of the molecule is O=C1CCC(N2Cc3ccc(CNS(=O)(=O)c4ccccc4O)cc3C2=O)C(=O)N1. The molecule has 1 saturated heterocycles. The van der Waals surface area contributed by atoms with Crippen molar-refractivity contribution in [3.05, 3.63) is 59.2 Å². The Morgan fingerprint density at radius 3 is 2.63 bits per heavy atom. The number of piperidine rings is 1. The van der Waals surface area contributed by atoms with Crippen molar-refractivity contribution in [1.82, 2.24) is 14.9 Å². The molecule has 156 valence electrons. The lowest BCUT2D eigenvalue weighted by Crippen LogP contribution is -2.52. The second-order valence-electron chi connectivity index (χ2n) is 7.18. The molecule has 9 nitrogen and oxygen atoms in total. The molecule has 2 aliphatic heterocycles. The highest BCUT2D eigenvalue weighted by Gasteiger charge is 2.39. The second-order valence-corrected chi connectivity index (χ2v) is 8.92. The minimum atomic E-state index is -3.94. The summed E-state index contributed by atoms with van der Waals surface area (Å²) in [6.45, 7) is 0.181. The van der Waals surface area contributed by atoms with Crippen molar-refractivity contribution in [2.75, 3.05) is 0 Å². The topological polar surface area (TPSA) is 133 Å². The number of phenols is 1. The van der Waals surface area contributed by atoms with Gasteiger partial charge in [0, 0.05) is 25.1 Å². The summed E-state index contributed by atoms with van der Waals surface area (Å²) >= 11 is 0. The normalized spacial score (nSPS) is 19.0. The summed E-state index contributed by atoms with van der Waals surface area (Å²) in [5.41, 5.74) is 1.70. The fourth-order valence-corrected chi connectivity index (χ4v) is 4.77. The minimum Gasteiger partial charge on any atom is -0.507 e. The number of rotatable bonds is 5. The van der Waals surface area contributed by atoms with E-state index >= 15 is 0 Å². The van der Waals surface area contributed by atoms with Gasteiger partial charge in [0.05, 0.1) is 0 Å². The molecule has 0 spiro atoms. The predicted molar refractivity (Wildman–Crippen MR) is 105 cm³/mol. The van der Waals surface area contributed by atoms with Gasteiger partial charge < -0.3 is 10.0 Å². The van der Waals surface area contributed by atoms with Crippen LogP contribution in [0.15, 0.2) is 47.4 Å². The maximum absolute atomic E-state index is 12.8. The molecule has 2 aromatic rings. The Balaban J connectivity index is 1.49. The van der Waals surface area contributed by atoms with Crippen LogP contribution in [-0.2, 0) is 32.7 Å². The summed E-state index contributed by atoms with van der Waals surface area (Å²) in [6.07, 6.45) is 0.452. The van der Waals surface area contributed by atoms with Crippen molar-refractivity contribution in [3.63, 3.8) is 0 Å². The smallest absolute Gasteiger partial charge is 0.255 e. The lowest BCUT2D eigenvalue weighted by Gasteiger charge is -2.29. The van der Waals surface area contributed by atoms with Crippen LogP contribution in [0.3, 0.4) is 0 Å². The van der Waals surface area contributed by atoms with Gasteiger partial charge in [-0.1, -0.05) is 24.3 Å². The van der Waals surface area contributed by atoms with Crippen LogP contribution in [0.5, 0.6) is 5.75 Å². The van der Waals surface area contributed by atoms with Crippen LogP contribution in [0, 0.1) is 0 Å². The van der Waals surface area contributed by atoms with E-state index in [4.69, 9.17) is 0 Å². The average Bonchev–Trinajstić information content (AvgIpc) is 3.03. The van der Waals surface area contributed by atoms with Crippen LogP contribution in [0.2, 0.25) is 0 Å². The number of benzene rings is 2. The standard InChI is InChI=1S/C20H19N3O6S/c24-16-3-1-2-4-17(16)30(28,29)21-10-12-5-6-13-11-23(20(27)14(13)9-12)15-7-8-18(25)22-19(15)26/h1-6,9,15,21,24H,7-8,10-11H2,(H,22,25,26). The zero-order chi connectivity index (χ0) is 21.5. The van der Waals surface area contributed by atoms with E-state index in [-0.39, 0.29) is 48.4 Å². The molecule has 0 bridgehead atoms. The number of carbonyl (C=O) groups is 3. The number of hydrogen-bond acceptors (Lipinski definition) is 6. The van der Waals surface area contributed by atoms with Crippen LogP contribution in [0.25, 0.3) is 0 Å². The van der Waals surface area contributed by atoms with Gasteiger partial charge in [0.15, 0.2) is 0 Å². The molecular weight excluding hydrogens is 410 g/mol. The Bertz CT molecular complexity index is 1160. The largest absolute Gasteiger partial charge is 0.507 e. The summed E-state index contributed by atoms with van der Waals surface area (Å²) in [6, 6.07) is 9.92. The van der Waals surface area contributed by atoms with Gasteiger partial charge in [-0.15, -0.1) is 0 Å². The van der Waals surface area contributed by atoms with Crippen molar-refractivity contribution >= 4 is 27.7 Å². The summed E-state index contributed by atoms with van der Waals surface area (Å²) < 4.78 is 27.3. The molecule has 0 aliphatic carbocycles. The monoisotopic (exact) mass is 429 g/mol. The highest BCUT2D eigenvalue weighted by Crippen LogP contribution is 2.28. The van der Waals surface area contributed by atoms with E-state index in [0.29, 0.717) is 11.1 Å². The Labute approximate surface area is 172 Å². The number of fused-ring (bicyclic) bond motifs is 1. The molecule has 2 aromatic carbocycles. The molecule has 3 N–H and O–H groups in total. The van der Waals surface area contributed by atoms with E-state index < -0.39 is 22.0 Å². The third-order valence-electron chi connectivity index (χ3n) is 5.21. The number of nitrogens with zero attached hydrogens (tertiary/aromatic N) is 1. The Hall–Kier alpha value is -3.24. The highest BCUT2D eigenvalue weighted by molar-refractivity contribution is 7.89. The number of carbonyl (C=O) groups excluding carboxylic acids is 3. The third kappa shape index (κ3) is 3.66. The maximum Gasteiger partial charge on any atom is 0.255 e. The van der Waals surface area contributed by atoms with Crippen LogP contribution < -0.4 is 10.0 Å². The molecule has 3 amide bonds. The van der Waals surface area contributed by atoms with E-state index in [2.05, 4.69) is 10.0 Å². The van der Waals surface area contributed by atoms with Crippen LogP contribution in [0.1, 0.15) is 34.3 Å². The van der Waals surface area contributed by atoms with Gasteiger partial charge >= 0.3 is 0 Å². The van der Waals surface area contributed by atoms with Crippen LogP contribution in [0.4, 0.5) is 0 Å². The molecule has 1 fully saturated rings. The number of phenolic OH excluding ortho intramolecular Hbond substituents is 1. The van der Waals surface area contributed by atoms with Crippen molar-refractivity contribution in [2.24, 2.45) is 0 Å². The summed E-state index contributed by atoms with van der Waals surface area (Å²) in [5, 5.41) is 12.0. The van der Waals surface area contributed by atoms with Gasteiger partial charge in [-0.25, -0.2) is 13.1 Å². The van der Waals surface area contributed by atoms with Crippen molar-refractivity contribution in [2.45, 2.75) is 36.9 Å².